The van der Waals surface area contributed by atoms with Crippen LogP contribution in [0.2, 0.25) is 0 Å². The molecule has 2 atom stereocenters. The topological polar surface area (TPSA) is 105 Å². The van der Waals surface area contributed by atoms with Gasteiger partial charge in [0.05, 0.1) is 0 Å². The van der Waals surface area contributed by atoms with Crippen molar-refractivity contribution >= 4 is 29.7 Å². The van der Waals surface area contributed by atoms with Crippen molar-refractivity contribution in [3.05, 3.63) is 59.7 Å². The number of hydrogen-bond acceptors (Lipinski definition) is 5. The third kappa shape index (κ3) is 6.25. The molecule has 182 valence electrons. The van der Waals surface area contributed by atoms with Crippen LogP contribution in [0.5, 0.6) is 0 Å². The van der Waals surface area contributed by atoms with Crippen LogP contribution in [0, 0.1) is 0 Å². The smallest absolute Gasteiger partial charge is 0.407 e. The number of carbonyl (C=O) groups is 3. The van der Waals surface area contributed by atoms with Gasteiger partial charge >= 0.3 is 12.1 Å². The lowest BCUT2D eigenvalue weighted by Crippen LogP contribution is -2.52. The predicted molar refractivity (Wildman–Crippen MR) is 125 cm³/mol. The second kappa shape index (κ2) is 11.8. The van der Waals surface area contributed by atoms with Gasteiger partial charge in [0.2, 0.25) is 12.3 Å². The Bertz CT molecular complexity index is 990. The summed E-state index contributed by atoms with van der Waals surface area (Å²) >= 11 is 1.39. The first-order valence-electron chi connectivity index (χ1n) is 10.7. The third-order valence-corrected chi connectivity index (χ3v) is 6.24. The van der Waals surface area contributed by atoms with Gasteiger partial charge in [0.25, 0.3) is 0 Å². The number of fused-ring (bicyclic) bond motifs is 3. The largest absolute Gasteiger partial charge is 0.480 e. The number of alkyl carbamates (subject to hydrolysis) is 1. The number of rotatable bonds is 11. The number of nitrogens with one attached hydrogen (secondary N) is 2. The van der Waals surface area contributed by atoms with Gasteiger partial charge in [0.1, 0.15) is 18.7 Å². The average Bonchev–Trinajstić information content (AvgIpc) is 3.13. The molecule has 1 unspecified atom stereocenters. The lowest BCUT2D eigenvalue weighted by molar-refractivity contribution is -0.142. The van der Waals surface area contributed by atoms with E-state index in [0.29, 0.717) is 5.75 Å². The van der Waals surface area contributed by atoms with Crippen molar-refractivity contribution in [2.45, 2.75) is 37.3 Å². The summed E-state index contributed by atoms with van der Waals surface area (Å²) in [6, 6.07) is 12.6. The Morgan fingerprint density at radius 2 is 1.59 bits per heavy atom. The van der Waals surface area contributed by atoms with E-state index in [0.717, 1.165) is 22.3 Å². The molecule has 1 aliphatic rings. The first-order valence-corrected chi connectivity index (χ1v) is 12.1. The Labute approximate surface area is 200 Å². The maximum atomic E-state index is 13.1. The lowest BCUT2D eigenvalue weighted by Gasteiger charge is -2.21. The minimum Gasteiger partial charge on any atom is -0.480 e. The van der Waals surface area contributed by atoms with Gasteiger partial charge < -0.3 is 20.5 Å². The lowest BCUT2D eigenvalue weighted by atomic mass is 9.98. The number of halogens is 2. The molecular formula is C24H26F2N2O5S. The first-order chi connectivity index (χ1) is 16.3. The Morgan fingerprint density at radius 3 is 2.12 bits per heavy atom. The SMILES string of the molecule is CSCC[C@H](NC(=O)C(CC(F)F)NC(=O)OCC1c2ccccc2-c2ccccc21)C(=O)O. The van der Waals surface area contributed by atoms with E-state index in [1.165, 1.54) is 11.8 Å². The van der Waals surface area contributed by atoms with Gasteiger partial charge in [-0.3, -0.25) is 4.79 Å². The molecule has 0 saturated heterocycles. The highest BCUT2D eigenvalue weighted by Crippen LogP contribution is 2.44. The molecule has 2 aromatic rings. The maximum Gasteiger partial charge on any atom is 0.407 e. The van der Waals surface area contributed by atoms with Gasteiger partial charge in [-0.2, -0.15) is 11.8 Å². The van der Waals surface area contributed by atoms with Crippen LogP contribution in [0.15, 0.2) is 48.5 Å². The Kier molecular flexibility index (Phi) is 8.86. The Hall–Kier alpha value is -3.14. The quantitative estimate of drug-likeness (QED) is 0.440. The number of thioether (sulfide) groups is 1. The zero-order chi connectivity index (χ0) is 24.7. The standard InChI is InChI=1S/C24H26F2N2O5S/c1-34-11-10-19(23(30)31)27-22(29)20(12-21(25)26)28-24(32)33-13-18-16-8-4-2-6-14(16)15-7-3-5-9-17(15)18/h2-9,18-21H,10-13H2,1H3,(H,27,29)(H,28,32)(H,30,31)/t19-,20?/m0/s1. The molecule has 3 N–H and O–H groups in total. The zero-order valence-corrected chi connectivity index (χ0v) is 19.3. The second-order valence-corrected chi connectivity index (χ2v) is 8.82. The van der Waals surface area contributed by atoms with Crippen LogP contribution in [0.1, 0.15) is 29.9 Å². The number of carboxylic acid groups (broad SMARTS) is 1. The van der Waals surface area contributed by atoms with Crippen LogP contribution in [0.3, 0.4) is 0 Å². The molecule has 1 aliphatic carbocycles. The van der Waals surface area contributed by atoms with Crippen LogP contribution in [0.4, 0.5) is 13.6 Å². The van der Waals surface area contributed by atoms with Crippen molar-refractivity contribution in [3.63, 3.8) is 0 Å². The van der Waals surface area contributed by atoms with Crippen molar-refractivity contribution in [1.29, 1.82) is 0 Å². The van der Waals surface area contributed by atoms with E-state index in [-0.39, 0.29) is 18.9 Å². The summed E-state index contributed by atoms with van der Waals surface area (Å²) in [6.07, 6.45) is -2.99. The first kappa shape index (κ1) is 25.5. The van der Waals surface area contributed by atoms with E-state index >= 15 is 0 Å². The van der Waals surface area contributed by atoms with Crippen LogP contribution in [-0.2, 0) is 14.3 Å². The fourth-order valence-corrected chi connectivity index (χ4v) is 4.43. The Balaban J connectivity index is 1.65. The summed E-state index contributed by atoms with van der Waals surface area (Å²) < 4.78 is 31.5. The molecule has 0 aliphatic heterocycles. The van der Waals surface area contributed by atoms with Crippen LogP contribution < -0.4 is 10.6 Å². The zero-order valence-electron chi connectivity index (χ0n) is 18.5. The van der Waals surface area contributed by atoms with Gasteiger partial charge in [-0.1, -0.05) is 48.5 Å². The number of carbonyl (C=O) groups excluding carboxylic acids is 2. The number of alkyl halides is 2. The fourth-order valence-electron chi connectivity index (χ4n) is 3.96. The molecule has 34 heavy (non-hydrogen) atoms. The normalized spacial score (nSPS) is 14.1. The second-order valence-electron chi connectivity index (χ2n) is 7.83. The van der Waals surface area contributed by atoms with Crippen molar-refractivity contribution in [3.8, 4) is 11.1 Å². The molecule has 2 aromatic carbocycles. The highest BCUT2D eigenvalue weighted by Gasteiger charge is 2.31. The molecule has 0 radical (unpaired) electrons. The molecule has 0 bridgehead atoms. The third-order valence-electron chi connectivity index (χ3n) is 5.59. The van der Waals surface area contributed by atoms with E-state index in [1.807, 2.05) is 48.5 Å². The Morgan fingerprint density at radius 1 is 1.00 bits per heavy atom. The molecule has 0 saturated carbocycles. The molecule has 3 rings (SSSR count). The number of benzene rings is 2. The number of hydrogen-bond donors (Lipinski definition) is 3. The van der Waals surface area contributed by atoms with E-state index in [9.17, 15) is 28.3 Å². The van der Waals surface area contributed by atoms with E-state index in [1.54, 1.807) is 6.26 Å². The van der Waals surface area contributed by atoms with E-state index in [2.05, 4.69) is 10.6 Å². The summed E-state index contributed by atoms with van der Waals surface area (Å²) in [7, 11) is 0. The highest BCUT2D eigenvalue weighted by molar-refractivity contribution is 7.98. The van der Waals surface area contributed by atoms with Crippen molar-refractivity contribution in [2.24, 2.45) is 0 Å². The van der Waals surface area contributed by atoms with Crippen molar-refractivity contribution < 1.29 is 33.0 Å². The molecule has 7 nitrogen and oxygen atoms in total. The van der Waals surface area contributed by atoms with Gasteiger partial charge in [-0.25, -0.2) is 18.4 Å². The fraction of sp³-hybridized carbons (Fsp3) is 0.375. The number of aliphatic carboxylic acids is 1. The number of amides is 2. The van der Waals surface area contributed by atoms with Crippen LogP contribution in [-0.4, -0.2) is 60.2 Å². The summed E-state index contributed by atoms with van der Waals surface area (Å²) in [5.74, 6) is -2.05. The van der Waals surface area contributed by atoms with Crippen LogP contribution >= 0.6 is 11.8 Å². The number of carboxylic acids is 1. The maximum absolute atomic E-state index is 13.1. The molecule has 0 heterocycles. The minimum absolute atomic E-state index is 0.0473. The monoisotopic (exact) mass is 492 g/mol. The molecular weight excluding hydrogens is 466 g/mol. The van der Waals surface area contributed by atoms with Gasteiger partial charge in [-0.05, 0) is 40.7 Å². The molecule has 10 heteroatoms. The molecule has 0 fully saturated rings. The molecule has 0 spiro atoms. The van der Waals surface area contributed by atoms with E-state index < -0.39 is 42.9 Å². The van der Waals surface area contributed by atoms with Crippen molar-refractivity contribution in [1.82, 2.24) is 10.6 Å². The summed E-state index contributed by atoms with van der Waals surface area (Å²) in [5, 5.41) is 13.7. The minimum atomic E-state index is -2.89. The van der Waals surface area contributed by atoms with Crippen molar-refractivity contribution in [2.75, 3.05) is 18.6 Å². The average molecular weight is 493 g/mol. The highest BCUT2D eigenvalue weighted by atomic mass is 32.2. The summed E-state index contributed by atoms with van der Waals surface area (Å²) in [6.45, 7) is -0.0473. The van der Waals surface area contributed by atoms with Gasteiger partial charge in [0.15, 0.2) is 0 Å². The predicted octanol–water partition coefficient (Wildman–Crippen LogP) is 3.87. The molecule has 0 aromatic heterocycles. The van der Waals surface area contributed by atoms with Crippen LogP contribution in [0.25, 0.3) is 11.1 Å². The van der Waals surface area contributed by atoms with E-state index in [4.69, 9.17) is 4.74 Å². The summed E-state index contributed by atoms with van der Waals surface area (Å²) in [4.78, 5) is 36.3. The summed E-state index contributed by atoms with van der Waals surface area (Å²) in [5.41, 5.74) is 4.03. The molecule has 2 amide bonds. The van der Waals surface area contributed by atoms with Gasteiger partial charge in [0, 0.05) is 12.3 Å². The number of ether oxygens (including phenoxy) is 1. The van der Waals surface area contributed by atoms with Gasteiger partial charge in [-0.15, -0.1) is 0 Å².